The molecule has 0 radical (unpaired) electrons. The molecule has 0 aliphatic heterocycles. The Morgan fingerprint density at radius 3 is 2.91 bits per heavy atom. The van der Waals surface area contributed by atoms with Crippen LogP contribution in [0.4, 0.5) is 11.5 Å². The van der Waals surface area contributed by atoms with E-state index in [-0.39, 0.29) is 0 Å². The maximum absolute atomic E-state index is 6.09. The Bertz CT molecular complexity index is 996. The molecule has 22 heavy (non-hydrogen) atoms. The van der Waals surface area contributed by atoms with Crippen molar-refractivity contribution in [2.45, 2.75) is 0 Å². The first-order chi connectivity index (χ1) is 10.7. The normalized spacial score (nSPS) is 11.2. The summed E-state index contributed by atoms with van der Waals surface area (Å²) < 4.78 is 0. The van der Waals surface area contributed by atoms with Gasteiger partial charge in [0.05, 0.1) is 5.52 Å². The van der Waals surface area contributed by atoms with Crippen molar-refractivity contribution in [3.05, 3.63) is 52.9 Å². The summed E-state index contributed by atoms with van der Waals surface area (Å²) in [6.45, 7) is 0. The van der Waals surface area contributed by atoms with E-state index < -0.39 is 0 Å². The molecule has 3 aromatic heterocycles. The number of fused-ring (bicyclic) bond motifs is 2. The van der Waals surface area contributed by atoms with Gasteiger partial charge < -0.3 is 5.32 Å². The number of nitrogens with zero attached hydrogens (tertiary/aromatic N) is 3. The molecular formula is C15H9Cl2N5. The molecule has 0 fully saturated rings. The van der Waals surface area contributed by atoms with E-state index in [4.69, 9.17) is 23.2 Å². The Balaban J connectivity index is 1.78. The molecule has 0 atom stereocenters. The number of halogens is 2. The first kappa shape index (κ1) is 13.3. The lowest BCUT2D eigenvalue weighted by Gasteiger charge is -2.06. The lowest BCUT2D eigenvalue weighted by atomic mass is 10.1. The van der Waals surface area contributed by atoms with Gasteiger partial charge in [-0.25, -0.2) is 4.98 Å². The fourth-order valence-electron chi connectivity index (χ4n) is 2.34. The second-order valence-corrected chi connectivity index (χ2v) is 5.51. The van der Waals surface area contributed by atoms with Crippen molar-refractivity contribution >= 4 is 56.5 Å². The maximum Gasteiger partial charge on any atom is 0.178 e. The zero-order valence-electron chi connectivity index (χ0n) is 11.1. The molecule has 2 N–H and O–H groups in total. The summed E-state index contributed by atoms with van der Waals surface area (Å²) in [6, 6.07) is 11.3. The molecular weight excluding hydrogens is 321 g/mol. The molecule has 0 saturated carbocycles. The zero-order valence-corrected chi connectivity index (χ0v) is 12.7. The van der Waals surface area contributed by atoms with Gasteiger partial charge in [0.25, 0.3) is 0 Å². The molecule has 4 aromatic rings. The van der Waals surface area contributed by atoms with Gasteiger partial charge in [0.15, 0.2) is 5.82 Å². The largest absolute Gasteiger partial charge is 0.337 e. The lowest BCUT2D eigenvalue weighted by Crippen LogP contribution is -1.92. The van der Waals surface area contributed by atoms with E-state index in [2.05, 4.69) is 25.5 Å². The van der Waals surface area contributed by atoms with Crippen LogP contribution in [0.5, 0.6) is 0 Å². The summed E-state index contributed by atoms with van der Waals surface area (Å²) >= 11 is 12.0. The topological polar surface area (TPSA) is 66.5 Å². The van der Waals surface area contributed by atoms with E-state index in [9.17, 15) is 0 Å². The Labute approximate surface area is 135 Å². The first-order valence-electron chi connectivity index (χ1n) is 6.52. The smallest absolute Gasteiger partial charge is 0.178 e. The van der Waals surface area contributed by atoms with Gasteiger partial charge in [0.2, 0.25) is 0 Å². The lowest BCUT2D eigenvalue weighted by molar-refractivity contribution is 1.12. The van der Waals surface area contributed by atoms with Crippen LogP contribution in [0, 0.1) is 0 Å². The Kier molecular flexibility index (Phi) is 3.10. The molecule has 0 unspecified atom stereocenters. The molecule has 0 aliphatic rings. The van der Waals surface area contributed by atoms with Gasteiger partial charge >= 0.3 is 0 Å². The molecule has 0 amide bonds. The Morgan fingerprint density at radius 1 is 1.09 bits per heavy atom. The van der Waals surface area contributed by atoms with Crippen LogP contribution in [0.1, 0.15) is 0 Å². The first-order valence-corrected chi connectivity index (χ1v) is 7.28. The second kappa shape index (κ2) is 5.12. The number of pyridine rings is 2. The number of rotatable bonds is 2. The Hall–Kier alpha value is -2.37. The third-order valence-corrected chi connectivity index (χ3v) is 3.82. The van der Waals surface area contributed by atoms with Crippen LogP contribution in [0.3, 0.4) is 0 Å². The highest BCUT2D eigenvalue weighted by molar-refractivity contribution is 6.36. The Morgan fingerprint density at radius 2 is 2.00 bits per heavy atom. The summed E-state index contributed by atoms with van der Waals surface area (Å²) in [5.74, 6) is 0.668. The highest BCUT2D eigenvalue weighted by Gasteiger charge is 2.08. The summed E-state index contributed by atoms with van der Waals surface area (Å²) in [7, 11) is 0. The predicted octanol–water partition coefficient (Wildman–Crippen LogP) is 4.56. The molecule has 108 valence electrons. The molecule has 3 heterocycles. The number of benzene rings is 1. The molecule has 5 nitrogen and oxygen atoms in total. The monoisotopic (exact) mass is 329 g/mol. The van der Waals surface area contributed by atoms with Crippen LogP contribution >= 0.6 is 23.2 Å². The van der Waals surface area contributed by atoms with Gasteiger partial charge in [-0.05, 0) is 41.8 Å². The van der Waals surface area contributed by atoms with Crippen molar-refractivity contribution in [3.8, 4) is 0 Å². The van der Waals surface area contributed by atoms with E-state index in [0.29, 0.717) is 16.1 Å². The molecule has 1 aromatic carbocycles. The number of hydrogen-bond donors (Lipinski definition) is 2. The number of anilines is 2. The second-order valence-electron chi connectivity index (χ2n) is 4.77. The van der Waals surface area contributed by atoms with Crippen LogP contribution in [0.15, 0.2) is 42.6 Å². The minimum atomic E-state index is 0.363. The number of aromatic amines is 1. The van der Waals surface area contributed by atoms with E-state index in [1.54, 1.807) is 12.3 Å². The van der Waals surface area contributed by atoms with Gasteiger partial charge in [-0.1, -0.05) is 23.2 Å². The number of H-pyrrole nitrogens is 1. The van der Waals surface area contributed by atoms with Crippen LogP contribution in [-0.4, -0.2) is 20.2 Å². The summed E-state index contributed by atoms with van der Waals surface area (Å²) in [4.78, 5) is 8.35. The molecule has 4 rings (SSSR count). The van der Waals surface area contributed by atoms with Gasteiger partial charge in [0, 0.05) is 17.3 Å². The van der Waals surface area contributed by atoms with Crippen molar-refractivity contribution in [1.82, 2.24) is 20.2 Å². The van der Waals surface area contributed by atoms with Crippen LogP contribution in [0.25, 0.3) is 21.8 Å². The number of hydrogen-bond acceptors (Lipinski definition) is 4. The molecule has 0 bridgehead atoms. The zero-order chi connectivity index (χ0) is 15.1. The molecule has 0 saturated heterocycles. The van der Waals surface area contributed by atoms with Crippen LogP contribution < -0.4 is 5.32 Å². The van der Waals surface area contributed by atoms with Gasteiger partial charge in [-0.3, -0.25) is 10.1 Å². The average Bonchev–Trinajstić information content (AvgIpc) is 2.90. The standard InChI is InChI=1S/C15H9Cl2N5/c16-12-7-8-6-9(3-4-10(8)14(17)20-12)19-15-13-11(21-22-15)2-1-5-18-13/h1-7H,(H2,19,21,22). The predicted molar refractivity (Wildman–Crippen MR) is 88.9 cm³/mol. The van der Waals surface area contributed by atoms with Crippen molar-refractivity contribution in [2.75, 3.05) is 5.32 Å². The molecule has 0 spiro atoms. The molecule has 0 aliphatic carbocycles. The summed E-state index contributed by atoms with van der Waals surface area (Å²) in [5.41, 5.74) is 2.53. The fourth-order valence-corrected chi connectivity index (χ4v) is 2.85. The maximum atomic E-state index is 6.09. The highest BCUT2D eigenvalue weighted by Crippen LogP contribution is 2.29. The minimum absolute atomic E-state index is 0.363. The number of aromatic nitrogens is 4. The quantitative estimate of drug-likeness (QED) is 0.529. The van der Waals surface area contributed by atoms with Crippen LogP contribution in [0.2, 0.25) is 10.3 Å². The van der Waals surface area contributed by atoms with Crippen LogP contribution in [-0.2, 0) is 0 Å². The van der Waals surface area contributed by atoms with Crippen molar-refractivity contribution in [1.29, 1.82) is 0 Å². The third kappa shape index (κ3) is 2.24. The molecule has 7 heteroatoms. The fraction of sp³-hybridized carbons (Fsp3) is 0. The highest BCUT2D eigenvalue weighted by atomic mass is 35.5. The van der Waals surface area contributed by atoms with Gasteiger partial charge in [-0.2, -0.15) is 5.10 Å². The van der Waals surface area contributed by atoms with Crippen molar-refractivity contribution < 1.29 is 0 Å². The van der Waals surface area contributed by atoms with E-state index in [1.165, 1.54) is 0 Å². The van der Waals surface area contributed by atoms with Crippen molar-refractivity contribution in [2.24, 2.45) is 0 Å². The third-order valence-electron chi connectivity index (χ3n) is 3.34. The van der Waals surface area contributed by atoms with Gasteiger partial charge in [-0.15, -0.1) is 0 Å². The van der Waals surface area contributed by atoms with E-state index in [0.717, 1.165) is 27.5 Å². The summed E-state index contributed by atoms with van der Waals surface area (Å²) in [6.07, 6.45) is 1.73. The van der Waals surface area contributed by atoms with E-state index in [1.807, 2.05) is 30.3 Å². The average molecular weight is 330 g/mol. The number of nitrogens with one attached hydrogen (secondary N) is 2. The van der Waals surface area contributed by atoms with E-state index >= 15 is 0 Å². The van der Waals surface area contributed by atoms with Gasteiger partial charge in [0.1, 0.15) is 15.8 Å². The SMILES string of the molecule is Clc1cc2cc(Nc3n[nH]c4cccnc34)ccc2c(Cl)n1. The van der Waals surface area contributed by atoms with Crippen molar-refractivity contribution in [3.63, 3.8) is 0 Å². The minimum Gasteiger partial charge on any atom is -0.337 e. The summed E-state index contributed by atoms with van der Waals surface area (Å²) in [5, 5.41) is 12.9.